The first kappa shape index (κ1) is 21.4. The van der Waals surface area contributed by atoms with Gasteiger partial charge in [-0.3, -0.25) is 9.69 Å². The Morgan fingerprint density at radius 3 is 2.35 bits per heavy atom. The van der Waals surface area contributed by atoms with Gasteiger partial charge in [0, 0.05) is 27.6 Å². The predicted octanol–water partition coefficient (Wildman–Crippen LogP) is 2.34. The first-order chi connectivity index (χ1) is 8.81. The molecule has 2 aliphatic rings. The van der Waals surface area contributed by atoms with Gasteiger partial charge in [0.1, 0.15) is 6.54 Å². The Morgan fingerprint density at radius 2 is 1.90 bits per heavy atom. The van der Waals surface area contributed by atoms with Gasteiger partial charge in [-0.25, -0.2) is 4.79 Å². The molecule has 0 aromatic rings. The van der Waals surface area contributed by atoms with Crippen molar-refractivity contribution in [1.82, 2.24) is 9.80 Å². The Labute approximate surface area is 157 Å². The molecule has 0 bridgehead atoms. The number of piperazine rings is 1. The average Bonchev–Trinajstić information content (AvgIpc) is 2.55. The standard InChI is InChI=1S/C8H9F3N3O2.2HI.Pt.V/c9-8(10,11)4-14-6(15)5-3-12-1-2-13(5)7(14)16;;;;/h5H,1-4H2;2*1H;;/q-1;;;;+2/p-2. The molecule has 1 atom stereocenters. The summed E-state index contributed by atoms with van der Waals surface area (Å²) in [6.45, 7) is -0.838. The third-order valence-corrected chi connectivity index (χ3v) is 2.54. The Kier molecular flexibility index (Phi) is 10.2. The summed E-state index contributed by atoms with van der Waals surface area (Å²) in [5, 5.41) is 3.91. The Bertz CT molecular complexity index is 340. The molecule has 12 heteroatoms. The number of hydrogen-bond donors (Lipinski definition) is 0. The molecule has 2 saturated heterocycles. The molecule has 5 nitrogen and oxygen atoms in total. The van der Waals surface area contributed by atoms with Gasteiger partial charge in [0.2, 0.25) is 0 Å². The summed E-state index contributed by atoms with van der Waals surface area (Å²) in [4.78, 5) is 24.5. The molecule has 3 amide bonds. The summed E-state index contributed by atoms with van der Waals surface area (Å²) in [5.74, 6) is -0.800. The van der Waals surface area contributed by atoms with Crippen molar-refractivity contribution in [3.05, 3.63) is 5.32 Å². The zero-order valence-corrected chi connectivity index (χ0v) is 17.7. The molecule has 2 heterocycles. The van der Waals surface area contributed by atoms with Crippen molar-refractivity contribution < 1.29 is 53.3 Å². The van der Waals surface area contributed by atoms with E-state index in [1.54, 1.807) is 0 Å². The first-order valence-electron chi connectivity index (χ1n) is 5.06. The van der Waals surface area contributed by atoms with E-state index in [0.29, 0.717) is 16.0 Å². The second kappa shape index (κ2) is 9.54. The molecule has 0 saturated carbocycles. The van der Waals surface area contributed by atoms with Gasteiger partial charge in [0.15, 0.2) is 0 Å². The van der Waals surface area contributed by atoms with Crippen LogP contribution in [0.15, 0.2) is 0 Å². The van der Waals surface area contributed by atoms with Gasteiger partial charge in [0.25, 0.3) is 5.91 Å². The summed E-state index contributed by atoms with van der Waals surface area (Å²) < 4.78 is 36.4. The molecule has 1 unspecified atom stereocenters. The normalized spacial score (nSPS) is 21.8. The van der Waals surface area contributed by atoms with Crippen LogP contribution in [0.4, 0.5) is 18.0 Å². The third kappa shape index (κ3) is 5.90. The van der Waals surface area contributed by atoms with Crippen molar-refractivity contribution in [1.29, 1.82) is 0 Å². The molecular weight excluding hydrogens is 727 g/mol. The molecule has 0 aromatic heterocycles. The van der Waals surface area contributed by atoms with Crippen LogP contribution in [0.25, 0.3) is 5.32 Å². The molecule has 0 aliphatic carbocycles. The number of halogens is 5. The second-order valence-electron chi connectivity index (χ2n) is 3.73. The number of nitrogens with zero attached hydrogens (tertiary/aromatic N) is 3. The zero-order valence-electron chi connectivity index (χ0n) is 9.72. The number of rotatable bonds is 1. The minimum Gasteiger partial charge on any atom is 0 e. The quantitative estimate of drug-likeness (QED) is 0.307. The van der Waals surface area contributed by atoms with Crippen molar-refractivity contribution in [3.63, 3.8) is 0 Å². The van der Waals surface area contributed by atoms with E-state index < -0.39 is 30.7 Å². The van der Waals surface area contributed by atoms with Crippen molar-refractivity contribution >= 4 is 51.9 Å². The van der Waals surface area contributed by atoms with Crippen molar-refractivity contribution in [3.8, 4) is 0 Å². The van der Waals surface area contributed by atoms with E-state index in [4.69, 9.17) is 0 Å². The number of urea groups is 1. The van der Waals surface area contributed by atoms with Crippen molar-refractivity contribution in [2.24, 2.45) is 0 Å². The maximum atomic E-state index is 12.1. The molecule has 0 N–H and O–H groups in total. The van der Waals surface area contributed by atoms with E-state index in [2.05, 4.69) is 45.3 Å². The minimum absolute atomic E-state index is 0. The number of amides is 3. The zero-order chi connectivity index (χ0) is 14.6. The SMILES string of the molecule is O=C1C2C[N-]CCN2C(=O)N1CC(F)(F)F.[I][V][I].[Pt]. The predicted molar refractivity (Wildman–Crippen MR) is 74.8 cm³/mol. The fourth-order valence-electron chi connectivity index (χ4n) is 1.84. The van der Waals surface area contributed by atoms with E-state index in [-0.39, 0.29) is 39.1 Å². The fraction of sp³-hybridized carbons (Fsp3) is 0.750. The summed E-state index contributed by atoms with van der Waals surface area (Å²) in [6, 6.07) is -1.69. The number of hydrogen-bond acceptors (Lipinski definition) is 2. The van der Waals surface area contributed by atoms with Crippen LogP contribution in [0.1, 0.15) is 0 Å². The van der Waals surface area contributed by atoms with E-state index in [1.165, 1.54) is 0 Å². The molecular formula is C8H9F3I2N3O2PtV-. The molecule has 0 aromatic carbocycles. The minimum atomic E-state index is -4.56. The van der Waals surface area contributed by atoms with E-state index >= 15 is 0 Å². The smallest absolute Gasteiger partial charge is 0 e. The Hall–Kier alpha value is 1.42. The van der Waals surface area contributed by atoms with Gasteiger partial charge >= 0.3 is 61.6 Å². The fourth-order valence-corrected chi connectivity index (χ4v) is 1.84. The van der Waals surface area contributed by atoms with Gasteiger partial charge < -0.3 is 10.2 Å². The van der Waals surface area contributed by atoms with Gasteiger partial charge in [-0.15, -0.1) is 13.1 Å². The summed E-state index contributed by atoms with van der Waals surface area (Å²) in [6.07, 6.45) is -4.56. The monoisotopic (exact) mass is 736 g/mol. The van der Waals surface area contributed by atoms with Crippen LogP contribution in [0.2, 0.25) is 0 Å². The van der Waals surface area contributed by atoms with Crippen LogP contribution in [-0.4, -0.2) is 60.1 Å². The topological polar surface area (TPSA) is 54.7 Å². The summed E-state index contributed by atoms with van der Waals surface area (Å²) >= 11 is 4.74. The third-order valence-electron chi connectivity index (χ3n) is 2.54. The molecule has 2 fully saturated rings. The van der Waals surface area contributed by atoms with Gasteiger partial charge in [-0.1, -0.05) is 0 Å². The maximum Gasteiger partial charge on any atom is 0 e. The molecule has 119 valence electrons. The Morgan fingerprint density at radius 1 is 1.35 bits per heavy atom. The van der Waals surface area contributed by atoms with Gasteiger partial charge in [0.05, 0.1) is 6.04 Å². The van der Waals surface area contributed by atoms with Crippen molar-refractivity contribution in [2.45, 2.75) is 12.2 Å². The Balaban J connectivity index is 0.000000830. The van der Waals surface area contributed by atoms with Gasteiger partial charge in [-0.2, -0.15) is 13.2 Å². The van der Waals surface area contributed by atoms with E-state index in [0.717, 1.165) is 4.90 Å². The van der Waals surface area contributed by atoms with Crippen LogP contribution in [0.5, 0.6) is 0 Å². The molecule has 2 rings (SSSR count). The number of carbonyl (C=O) groups is 2. The number of alkyl halides is 3. The van der Waals surface area contributed by atoms with Crippen LogP contribution >= 0.6 is 40.0 Å². The van der Waals surface area contributed by atoms with Gasteiger partial charge in [-0.05, 0) is 0 Å². The number of imide groups is 1. The average molecular weight is 736 g/mol. The van der Waals surface area contributed by atoms with E-state index in [1.807, 2.05) is 0 Å². The molecule has 20 heavy (non-hydrogen) atoms. The molecule has 0 radical (unpaired) electrons. The van der Waals surface area contributed by atoms with Crippen LogP contribution in [-0.2, 0) is 35.3 Å². The number of fused-ring (bicyclic) bond motifs is 1. The van der Waals surface area contributed by atoms with Crippen LogP contribution in [0, 0.1) is 0 Å². The van der Waals surface area contributed by atoms with Crippen LogP contribution in [0.3, 0.4) is 0 Å². The summed E-state index contributed by atoms with van der Waals surface area (Å²) in [5.41, 5.74) is 0. The van der Waals surface area contributed by atoms with Crippen molar-refractivity contribution in [2.75, 3.05) is 26.2 Å². The molecule has 2 aliphatic heterocycles. The van der Waals surface area contributed by atoms with Crippen LogP contribution < -0.4 is 0 Å². The van der Waals surface area contributed by atoms with E-state index in [9.17, 15) is 22.8 Å². The number of carbonyl (C=O) groups excluding carboxylic acids is 2. The largest absolute Gasteiger partial charge is 0 e. The summed E-state index contributed by atoms with van der Waals surface area (Å²) in [7, 11) is 0.628. The maximum absolute atomic E-state index is 12.1. The molecule has 0 spiro atoms. The second-order valence-corrected chi connectivity index (χ2v) is 15.5. The first-order valence-corrected chi connectivity index (χ1v) is 14.1.